The van der Waals surface area contributed by atoms with Crippen LogP contribution in [0.2, 0.25) is 0 Å². The van der Waals surface area contributed by atoms with E-state index >= 15 is 0 Å². The Morgan fingerprint density at radius 3 is 2.50 bits per heavy atom. The third kappa shape index (κ3) is 1.46. The standard InChI is InChI=1S/C12H14O2/c13-11-8-4-5-9-12(11,14)10-6-2-1-3-7-10/h1-3,6-7,14H,4-5,8-9H2/t12-/m1/s1. The average molecular weight is 190 g/mol. The Morgan fingerprint density at radius 1 is 1.14 bits per heavy atom. The van der Waals surface area contributed by atoms with Gasteiger partial charge in [0, 0.05) is 6.42 Å². The van der Waals surface area contributed by atoms with Gasteiger partial charge < -0.3 is 5.11 Å². The molecule has 0 saturated heterocycles. The average Bonchev–Trinajstić information content (AvgIpc) is 2.24. The summed E-state index contributed by atoms with van der Waals surface area (Å²) in [5, 5.41) is 10.3. The number of hydrogen-bond acceptors (Lipinski definition) is 2. The molecule has 1 N–H and O–H groups in total. The molecule has 0 aliphatic heterocycles. The van der Waals surface area contributed by atoms with Crippen LogP contribution in [0.15, 0.2) is 30.3 Å². The number of aliphatic hydroxyl groups is 1. The third-order valence-electron chi connectivity index (χ3n) is 2.91. The minimum absolute atomic E-state index is 0.0325. The lowest BCUT2D eigenvalue weighted by molar-refractivity contribution is -0.142. The van der Waals surface area contributed by atoms with Crippen LogP contribution in [0.3, 0.4) is 0 Å². The summed E-state index contributed by atoms with van der Waals surface area (Å²) >= 11 is 0. The number of Topliss-reactive ketones (excluding diaryl/α,β-unsaturated/α-hetero) is 1. The Labute approximate surface area is 83.6 Å². The smallest absolute Gasteiger partial charge is 0.168 e. The molecule has 0 aromatic heterocycles. The van der Waals surface area contributed by atoms with Crippen molar-refractivity contribution in [3.05, 3.63) is 35.9 Å². The van der Waals surface area contributed by atoms with Crippen molar-refractivity contribution in [2.75, 3.05) is 0 Å². The summed E-state index contributed by atoms with van der Waals surface area (Å²) in [4.78, 5) is 11.7. The molecule has 0 heterocycles. The molecule has 2 nitrogen and oxygen atoms in total. The lowest BCUT2D eigenvalue weighted by Crippen LogP contribution is -2.38. The van der Waals surface area contributed by atoms with Gasteiger partial charge in [-0.15, -0.1) is 0 Å². The van der Waals surface area contributed by atoms with Gasteiger partial charge in [0.25, 0.3) is 0 Å². The van der Waals surface area contributed by atoms with Crippen molar-refractivity contribution in [1.82, 2.24) is 0 Å². The van der Waals surface area contributed by atoms with Crippen LogP contribution in [0.5, 0.6) is 0 Å². The fourth-order valence-electron chi connectivity index (χ4n) is 2.03. The molecule has 0 bridgehead atoms. The van der Waals surface area contributed by atoms with E-state index in [-0.39, 0.29) is 5.78 Å². The van der Waals surface area contributed by atoms with Gasteiger partial charge in [-0.25, -0.2) is 0 Å². The van der Waals surface area contributed by atoms with Crippen molar-refractivity contribution in [2.45, 2.75) is 31.3 Å². The second kappa shape index (κ2) is 3.54. The van der Waals surface area contributed by atoms with Crippen molar-refractivity contribution in [2.24, 2.45) is 0 Å². The first-order chi connectivity index (χ1) is 6.73. The molecule has 1 aliphatic rings. The lowest BCUT2D eigenvalue weighted by Gasteiger charge is -2.30. The highest BCUT2D eigenvalue weighted by atomic mass is 16.3. The van der Waals surface area contributed by atoms with E-state index in [0.29, 0.717) is 12.8 Å². The summed E-state index contributed by atoms with van der Waals surface area (Å²) in [7, 11) is 0. The SMILES string of the molecule is O=C1CCCC[C@@]1(O)c1ccccc1. The zero-order valence-electron chi connectivity index (χ0n) is 8.07. The second-order valence-electron chi connectivity index (χ2n) is 3.86. The minimum atomic E-state index is -1.21. The molecule has 1 aromatic carbocycles. The lowest BCUT2D eigenvalue weighted by atomic mass is 9.79. The fraction of sp³-hybridized carbons (Fsp3) is 0.417. The van der Waals surface area contributed by atoms with Crippen LogP contribution < -0.4 is 0 Å². The summed E-state index contributed by atoms with van der Waals surface area (Å²) in [5.74, 6) is -0.0325. The highest BCUT2D eigenvalue weighted by Crippen LogP contribution is 2.33. The van der Waals surface area contributed by atoms with Crippen LogP contribution in [0, 0.1) is 0 Å². The summed E-state index contributed by atoms with van der Waals surface area (Å²) in [6, 6.07) is 9.25. The van der Waals surface area contributed by atoms with Gasteiger partial charge in [-0.2, -0.15) is 0 Å². The highest BCUT2D eigenvalue weighted by molar-refractivity contribution is 5.88. The zero-order chi connectivity index (χ0) is 10.0. The normalized spacial score (nSPS) is 27.6. The first kappa shape index (κ1) is 9.41. The Morgan fingerprint density at radius 2 is 1.86 bits per heavy atom. The molecule has 0 radical (unpaired) electrons. The molecule has 1 aliphatic carbocycles. The maximum Gasteiger partial charge on any atom is 0.168 e. The molecule has 14 heavy (non-hydrogen) atoms. The fourth-order valence-corrected chi connectivity index (χ4v) is 2.03. The van der Waals surface area contributed by atoms with Gasteiger partial charge >= 0.3 is 0 Å². The molecule has 0 spiro atoms. The molecule has 1 atom stereocenters. The van der Waals surface area contributed by atoms with Crippen molar-refractivity contribution in [1.29, 1.82) is 0 Å². The number of ketones is 1. The van der Waals surface area contributed by atoms with Crippen LogP contribution in [-0.4, -0.2) is 10.9 Å². The first-order valence-electron chi connectivity index (χ1n) is 5.05. The van der Waals surface area contributed by atoms with Crippen LogP contribution in [0.1, 0.15) is 31.2 Å². The Balaban J connectivity index is 2.35. The molecule has 0 unspecified atom stereocenters. The van der Waals surface area contributed by atoms with E-state index in [2.05, 4.69) is 0 Å². The van der Waals surface area contributed by atoms with E-state index in [1.165, 1.54) is 0 Å². The maximum absolute atomic E-state index is 11.7. The molecule has 1 saturated carbocycles. The van der Waals surface area contributed by atoms with Crippen LogP contribution in [0.4, 0.5) is 0 Å². The Hall–Kier alpha value is -1.15. The van der Waals surface area contributed by atoms with Gasteiger partial charge in [-0.3, -0.25) is 4.79 Å². The van der Waals surface area contributed by atoms with E-state index in [9.17, 15) is 9.90 Å². The second-order valence-corrected chi connectivity index (χ2v) is 3.86. The third-order valence-corrected chi connectivity index (χ3v) is 2.91. The summed E-state index contributed by atoms with van der Waals surface area (Å²) in [6.45, 7) is 0. The number of hydrogen-bond donors (Lipinski definition) is 1. The molecular formula is C12H14O2. The summed E-state index contributed by atoms with van der Waals surface area (Å²) in [5.41, 5.74) is -0.468. The molecule has 0 amide bonds. The number of benzene rings is 1. The monoisotopic (exact) mass is 190 g/mol. The Kier molecular flexibility index (Phi) is 2.38. The number of rotatable bonds is 1. The van der Waals surface area contributed by atoms with Gasteiger partial charge in [0.2, 0.25) is 0 Å². The molecular weight excluding hydrogens is 176 g/mol. The number of carbonyl (C=O) groups is 1. The van der Waals surface area contributed by atoms with E-state index in [0.717, 1.165) is 18.4 Å². The van der Waals surface area contributed by atoms with Gasteiger partial charge in [-0.05, 0) is 24.8 Å². The van der Waals surface area contributed by atoms with E-state index in [4.69, 9.17) is 0 Å². The predicted octanol–water partition coefficient (Wildman–Crippen LogP) is 2.02. The summed E-state index contributed by atoms with van der Waals surface area (Å²) in [6.07, 6.45) is 2.91. The van der Waals surface area contributed by atoms with Crippen molar-refractivity contribution < 1.29 is 9.90 Å². The minimum Gasteiger partial charge on any atom is -0.377 e. The van der Waals surface area contributed by atoms with Crippen molar-refractivity contribution in [3.8, 4) is 0 Å². The Bertz CT molecular complexity index is 331. The van der Waals surface area contributed by atoms with E-state index < -0.39 is 5.60 Å². The maximum atomic E-state index is 11.7. The van der Waals surface area contributed by atoms with Crippen molar-refractivity contribution >= 4 is 5.78 Å². The van der Waals surface area contributed by atoms with Gasteiger partial charge in [-0.1, -0.05) is 30.3 Å². The van der Waals surface area contributed by atoms with Crippen LogP contribution in [0.25, 0.3) is 0 Å². The predicted molar refractivity (Wildman–Crippen MR) is 53.8 cm³/mol. The molecule has 1 aromatic rings. The van der Waals surface area contributed by atoms with Crippen LogP contribution in [-0.2, 0) is 10.4 Å². The molecule has 74 valence electrons. The molecule has 2 heteroatoms. The zero-order valence-corrected chi connectivity index (χ0v) is 8.07. The largest absolute Gasteiger partial charge is 0.377 e. The molecule has 2 rings (SSSR count). The quantitative estimate of drug-likeness (QED) is 0.735. The van der Waals surface area contributed by atoms with E-state index in [1.54, 1.807) is 0 Å². The topological polar surface area (TPSA) is 37.3 Å². The first-order valence-corrected chi connectivity index (χ1v) is 5.05. The highest BCUT2D eigenvalue weighted by Gasteiger charge is 2.38. The number of carbonyl (C=O) groups excluding carboxylic acids is 1. The van der Waals surface area contributed by atoms with Crippen molar-refractivity contribution in [3.63, 3.8) is 0 Å². The van der Waals surface area contributed by atoms with Gasteiger partial charge in [0.1, 0.15) is 5.60 Å². The van der Waals surface area contributed by atoms with Gasteiger partial charge in [0.15, 0.2) is 5.78 Å². The van der Waals surface area contributed by atoms with E-state index in [1.807, 2.05) is 30.3 Å². The van der Waals surface area contributed by atoms with Crippen LogP contribution >= 0.6 is 0 Å². The molecule has 1 fully saturated rings. The summed E-state index contributed by atoms with van der Waals surface area (Å²) < 4.78 is 0. The van der Waals surface area contributed by atoms with Gasteiger partial charge in [0.05, 0.1) is 0 Å².